The molecule has 0 fully saturated rings. The maximum absolute atomic E-state index is 12.3. The van der Waals surface area contributed by atoms with E-state index in [9.17, 15) is 18.5 Å². The van der Waals surface area contributed by atoms with Gasteiger partial charge in [-0.1, -0.05) is 26.7 Å². The molecule has 0 saturated heterocycles. The van der Waals surface area contributed by atoms with Crippen molar-refractivity contribution in [2.24, 2.45) is 5.92 Å². The van der Waals surface area contributed by atoms with Crippen LogP contribution in [0.2, 0.25) is 0 Å². The number of anilines is 1. The lowest BCUT2D eigenvalue weighted by Crippen LogP contribution is -2.29. The Bertz CT molecular complexity index is 597. The molecule has 0 aromatic heterocycles. The molecule has 118 valence electrons. The molecule has 2 N–H and O–H groups in total. The van der Waals surface area contributed by atoms with Gasteiger partial charge in [-0.25, -0.2) is 13.1 Å². The van der Waals surface area contributed by atoms with Crippen LogP contribution in [0.15, 0.2) is 23.1 Å². The first kappa shape index (κ1) is 17.4. The van der Waals surface area contributed by atoms with Gasteiger partial charge in [0.2, 0.25) is 10.0 Å². The third kappa shape index (κ3) is 4.40. The summed E-state index contributed by atoms with van der Waals surface area (Å²) in [4.78, 5) is 10.1. The second-order valence-corrected chi connectivity index (χ2v) is 6.46. The van der Waals surface area contributed by atoms with Crippen molar-refractivity contribution in [3.8, 4) is 0 Å². The molecule has 1 aromatic rings. The lowest BCUT2D eigenvalue weighted by Gasteiger charge is -2.14. The van der Waals surface area contributed by atoms with Crippen LogP contribution in [0.1, 0.15) is 26.7 Å². The molecule has 0 atom stereocenters. The molecule has 0 unspecified atom stereocenters. The highest BCUT2D eigenvalue weighted by Crippen LogP contribution is 2.27. The Kier molecular flexibility index (Phi) is 6.10. The summed E-state index contributed by atoms with van der Waals surface area (Å²) in [6.07, 6.45) is 1.69. The second-order valence-electron chi connectivity index (χ2n) is 4.72. The third-order valence-corrected chi connectivity index (χ3v) is 4.92. The molecule has 0 heterocycles. The van der Waals surface area contributed by atoms with E-state index in [0.717, 1.165) is 12.8 Å². The molecule has 0 amide bonds. The lowest BCUT2D eigenvalue weighted by molar-refractivity contribution is -0.387. The summed E-state index contributed by atoms with van der Waals surface area (Å²) in [6.45, 7) is 4.24. The summed E-state index contributed by atoms with van der Waals surface area (Å²) >= 11 is 0. The van der Waals surface area contributed by atoms with Gasteiger partial charge in [-0.2, -0.15) is 0 Å². The van der Waals surface area contributed by atoms with Crippen LogP contribution in [0.3, 0.4) is 0 Å². The fraction of sp³-hybridized carbons (Fsp3) is 0.538. The predicted molar refractivity (Wildman–Crippen MR) is 81.9 cm³/mol. The Morgan fingerprint density at radius 3 is 2.38 bits per heavy atom. The molecule has 7 nitrogen and oxygen atoms in total. The average molecular weight is 315 g/mol. The Morgan fingerprint density at radius 2 is 1.90 bits per heavy atom. The summed E-state index contributed by atoms with van der Waals surface area (Å²) in [5, 5.41) is 13.8. The molecule has 1 aromatic carbocycles. The van der Waals surface area contributed by atoms with E-state index in [1.165, 1.54) is 18.2 Å². The Labute approximate surface area is 124 Å². The number of nitro groups is 1. The van der Waals surface area contributed by atoms with Gasteiger partial charge < -0.3 is 5.32 Å². The van der Waals surface area contributed by atoms with E-state index in [2.05, 4.69) is 10.0 Å². The topological polar surface area (TPSA) is 101 Å². The van der Waals surface area contributed by atoms with Gasteiger partial charge in [-0.15, -0.1) is 0 Å². The van der Waals surface area contributed by atoms with Crippen LogP contribution in [0, 0.1) is 16.0 Å². The Hall–Kier alpha value is -1.67. The SMILES string of the molecule is CCC(CC)CNS(=O)(=O)c1ccc(NC)cc1[N+](=O)[O-]. The zero-order valence-corrected chi connectivity index (χ0v) is 13.2. The van der Waals surface area contributed by atoms with Crippen LogP contribution in [-0.2, 0) is 10.0 Å². The quantitative estimate of drug-likeness (QED) is 0.566. The van der Waals surface area contributed by atoms with Crippen molar-refractivity contribution in [1.82, 2.24) is 4.72 Å². The molecule has 8 heteroatoms. The van der Waals surface area contributed by atoms with Crippen molar-refractivity contribution < 1.29 is 13.3 Å². The van der Waals surface area contributed by atoms with Gasteiger partial charge in [-0.05, 0) is 18.1 Å². The Morgan fingerprint density at radius 1 is 1.29 bits per heavy atom. The number of benzene rings is 1. The minimum atomic E-state index is -3.90. The average Bonchev–Trinajstić information content (AvgIpc) is 2.47. The molecule has 21 heavy (non-hydrogen) atoms. The summed E-state index contributed by atoms with van der Waals surface area (Å²) < 4.78 is 27.0. The highest BCUT2D eigenvalue weighted by molar-refractivity contribution is 7.89. The zero-order valence-electron chi connectivity index (χ0n) is 12.4. The van der Waals surface area contributed by atoms with E-state index in [4.69, 9.17) is 0 Å². The molecule has 0 aliphatic carbocycles. The van der Waals surface area contributed by atoms with Crippen LogP contribution >= 0.6 is 0 Å². The van der Waals surface area contributed by atoms with Crippen molar-refractivity contribution in [2.75, 3.05) is 18.9 Å². The molecule has 0 aliphatic heterocycles. The number of hydrogen-bond acceptors (Lipinski definition) is 5. The van der Waals surface area contributed by atoms with Gasteiger partial charge in [0.1, 0.15) is 0 Å². The molecular formula is C13H21N3O4S. The van der Waals surface area contributed by atoms with E-state index in [0.29, 0.717) is 5.69 Å². The zero-order chi connectivity index (χ0) is 16.0. The Balaban J connectivity index is 3.10. The third-order valence-electron chi connectivity index (χ3n) is 3.45. The smallest absolute Gasteiger partial charge is 0.291 e. The standard InChI is InChI=1S/C13H21N3O4S/c1-4-10(5-2)9-15-21(19,20)13-7-6-11(14-3)8-12(13)16(17)18/h6-8,10,14-15H,4-5,9H2,1-3H3. The maximum atomic E-state index is 12.3. The van der Waals surface area contributed by atoms with Crippen molar-refractivity contribution in [3.05, 3.63) is 28.3 Å². The molecule has 0 aliphatic rings. The number of hydrogen-bond donors (Lipinski definition) is 2. The van der Waals surface area contributed by atoms with E-state index in [-0.39, 0.29) is 17.4 Å². The summed E-state index contributed by atoms with van der Waals surface area (Å²) in [5.74, 6) is 0.218. The van der Waals surface area contributed by atoms with Crippen molar-refractivity contribution in [2.45, 2.75) is 31.6 Å². The minimum Gasteiger partial charge on any atom is -0.388 e. The van der Waals surface area contributed by atoms with E-state index in [1.807, 2.05) is 13.8 Å². The van der Waals surface area contributed by atoms with Crippen molar-refractivity contribution in [1.29, 1.82) is 0 Å². The fourth-order valence-corrected chi connectivity index (χ4v) is 3.19. The van der Waals surface area contributed by atoms with Gasteiger partial charge >= 0.3 is 0 Å². The largest absolute Gasteiger partial charge is 0.388 e. The lowest BCUT2D eigenvalue weighted by atomic mass is 10.0. The van der Waals surface area contributed by atoms with Gasteiger partial charge in [0.05, 0.1) is 4.92 Å². The van der Waals surface area contributed by atoms with E-state index in [1.54, 1.807) is 7.05 Å². The highest BCUT2D eigenvalue weighted by atomic mass is 32.2. The number of rotatable bonds is 8. The minimum absolute atomic E-state index is 0.218. The van der Waals surface area contributed by atoms with Crippen LogP contribution in [0.5, 0.6) is 0 Å². The number of nitro benzene ring substituents is 1. The molecule has 0 spiro atoms. The molecular weight excluding hydrogens is 294 g/mol. The van der Waals surface area contributed by atoms with Crippen LogP contribution in [-0.4, -0.2) is 26.9 Å². The monoisotopic (exact) mass is 315 g/mol. The van der Waals surface area contributed by atoms with E-state index < -0.39 is 20.6 Å². The fourth-order valence-electron chi connectivity index (χ4n) is 1.93. The van der Waals surface area contributed by atoms with E-state index >= 15 is 0 Å². The second kappa shape index (κ2) is 7.37. The first-order chi connectivity index (χ1) is 9.85. The number of nitrogens with zero attached hydrogens (tertiary/aromatic N) is 1. The number of nitrogens with one attached hydrogen (secondary N) is 2. The van der Waals surface area contributed by atoms with Crippen LogP contribution < -0.4 is 10.0 Å². The summed E-state index contributed by atoms with van der Waals surface area (Å²) in [5.41, 5.74) is 0.0551. The van der Waals surface area contributed by atoms with Crippen molar-refractivity contribution in [3.63, 3.8) is 0 Å². The number of sulfonamides is 1. The maximum Gasteiger partial charge on any atom is 0.291 e. The molecule has 0 radical (unpaired) electrons. The summed E-state index contributed by atoms with van der Waals surface area (Å²) in [6, 6.07) is 3.96. The van der Waals surface area contributed by atoms with Crippen molar-refractivity contribution >= 4 is 21.4 Å². The molecule has 1 rings (SSSR count). The van der Waals surface area contributed by atoms with Crippen LogP contribution in [0.25, 0.3) is 0 Å². The van der Waals surface area contributed by atoms with Gasteiger partial charge in [0, 0.05) is 25.3 Å². The predicted octanol–water partition coefficient (Wildman–Crippen LogP) is 2.35. The van der Waals surface area contributed by atoms with Crippen LogP contribution in [0.4, 0.5) is 11.4 Å². The molecule has 0 bridgehead atoms. The molecule has 0 saturated carbocycles. The first-order valence-electron chi connectivity index (χ1n) is 6.81. The first-order valence-corrected chi connectivity index (χ1v) is 8.29. The summed E-state index contributed by atoms with van der Waals surface area (Å²) in [7, 11) is -2.29. The highest BCUT2D eigenvalue weighted by Gasteiger charge is 2.26. The van der Waals surface area contributed by atoms with Gasteiger partial charge in [-0.3, -0.25) is 10.1 Å². The van der Waals surface area contributed by atoms with Gasteiger partial charge in [0.25, 0.3) is 5.69 Å². The normalized spacial score (nSPS) is 11.6. The van der Waals surface area contributed by atoms with Gasteiger partial charge in [0.15, 0.2) is 4.90 Å².